The SMILES string of the molecule is CCn1c(CNC(=O)/C=C/c2ccccc2Cl)nnc1SCC(=O)c1ccccc1. The summed E-state index contributed by atoms with van der Waals surface area (Å²) in [5.74, 6) is 0.682. The minimum Gasteiger partial charge on any atom is -0.345 e. The van der Waals surface area contributed by atoms with Crippen molar-refractivity contribution in [2.24, 2.45) is 0 Å². The lowest BCUT2D eigenvalue weighted by Gasteiger charge is -2.07. The van der Waals surface area contributed by atoms with Gasteiger partial charge < -0.3 is 9.88 Å². The molecule has 6 nitrogen and oxygen atoms in total. The fourth-order valence-corrected chi connectivity index (χ4v) is 3.83. The number of rotatable bonds is 9. The van der Waals surface area contributed by atoms with Gasteiger partial charge in [0.2, 0.25) is 5.91 Å². The van der Waals surface area contributed by atoms with Crippen molar-refractivity contribution in [2.75, 3.05) is 5.75 Å². The molecule has 2 aromatic carbocycles. The number of nitrogens with one attached hydrogen (secondary N) is 1. The van der Waals surface area contributed by atoms with Gasteiger partial charge in [-0.05, 0) is 24.6 Å². The highest BCUT2D eigenvalue weighted by molar-refractivity contribution is 7.99. The number of aromatic nitrogens is 3. The van der Waals surface area contributed by atoms with E-state index in [2.05, 4.69) is 15.5 Å². The molecule has 0 aliphatic carbocycles. The van der Waals surface area contributed by atoms with Crippen molar-refractivity contribution < 1.29 is 9.59 Å². The van der Waals surface area contributed by atoms with Crippen LogP contribution in [0.5, 0.6) is 0 Å². The third-order valence-corrected chi connectivity index (χ3v) is 5.59. The predicted octanol–water partition coefficient (Wildman–Crippen LogP) is 4.26. The second kappa shape index (κ2) is 10.8. The van der Waals surface area contributed by atoms with Gasteiger partial charge in [-0.25, -0.2) is 0 Å². The van der Waals surface area contributed by atoms with Crippen molar-refractivity contribution in [3.63, 3.8) is 0 Å². The first kappa shape index (κ1) is 21.8. The van der Waals surface area contributed by atoms with Crippen LogP contribution in [0.2, 0.25) is 5.02 Å². The number of Topliss-reactive ketones (excluding diaryl/α,β-unsaturated/α-hetero) is 1. The highest BCUT2D eigenvalue weighted by atomic mass is 35.5. The standard InChI is InChI=1S/C22H21ClN4O2S/c1-2-27-20(14-24-21(29)13-12-16-8-6-7-11-18(16)23)25-26-22(27)30-15-19(28)17-9-4-3-5-10-17/h3-13H,2,14-15H2,1H3,(H,24,29)/b13-12+. The maximum Gasteiger partial charge on any atom is 0.244 e. The summed E-state index contributed by atoms with van der Waals surface area (Å²) in [6.07, 6.45) is 3.10. The molecule has 154 valence electrons. The fraction of sp³-hybridized carbons (Fsp3) is 0.182. The summed E-state index contributed by atoms with van der Waals surface area (Å²) in [5.41, 5.74) is 1.44. The van der Waals surface area contributed by atoms with E-state index in [9.17, 15) is 9.59 Å². The minimum atomic E-state index is -0.256. The lowest BCUT2D eigenvalue weighted by Crippen LogP contribution is -2.22. The summed E-state index contributed by atoms with van der Waals surface area (Å²) < 4.78 is 1.89. The molecule has 0 aliphatic rings. The molecule has 3 rings (SSSR count). The van der Waals surface area contributed by atoms with Crippen LogP contribution in [0.1, 0.15) is 28.7 Å². The summed E-state index contributed by atoms with van der Waals surface area (Å²) in [7, 11) is 0. The van der Waals surface area contributed by atoms with Gasteiger partial charge in [-0.3, -0.25) is 9.59 Å². The third-order valence-electron chi connectivity index (χ3n) is 4.28. The first-order valence-corrected chi connectivity index (χ1v) is 10.8. The van der Waals surface area contributed by atoms with Crippen molar-refractivity contribution >= 4 is 41.1 Å². The number of hydrogen-bond acceptors (Lipinski definition) is 5. The van der Waals surface area contributed by atoms with Crippen molar-refractivity contribution in [1.82, 2.24) is 20.1 Å². The van der Waals surface area contributed by atoms with Gasteiger partial charge in [-0.2, -0.15) is 0 Å². The van der Waals surface area contributed by atoms with Crippen molar-refractivity contribution in [1.29, 1.82) is 0 Å². The van der Waals surface area contributed by atoms with Gasteiger partial charge in [0.25, 0.3) is 0 Å². The Morgan fingerprint density at radius 2 is 1.83 bits per heavy atom. The van der Waals surface area contributed by atoms with E-state index < -0.39 is 0 Å². The van der Waals surface area contributed by atoms with Crippen LogP contribution in [0, 0.1) is 0 Å². The molecular weight excluding hydrogens is 420 g/mol. The van der Waals surface area contributed by atoms with Crippen LogP contribution in [-0.4, -0.2) is 32.2 Å². The Labute approximate surface area is 184 Å². The van der Waals surface area contributed by atoms with E-state index in [-0.39, 0.29) is 24.0 Å². The maximum absolute atomic E-state index is 12.3. The molecule has 0 saturated carbocycles. The first-order chi connectivity index (χ1) is 14.6. The Bertz CT molecular complexity index is 1050. The van der Waals surface area contributed by atoms with Gasteiger partial charge >= 0.3 is 0 Å². The van der Waals surface area contributed by atoms with Crippen molar-refractivity contribution in [3.8, 4) is 0 Å². The van der Waals surface area contributed by atoms with E-state index in [1.807, 2.05) is 47.9 Å². The second-order valence-electron chi connectivity index (χ2n) is 6.29. The summed E-state index contributed by atoms with van der Waals surface area (Å²) in [6, 6.07) is 16.4. The molecule has 0 fully saturated rings. The van der Waals surface area contributed by atoms with Gasteiger partial charge in [0.1, 0.15) is 0 Å². The van der Waals surface area contributed by atoms with Crippen LogP contribution < -0.4 is 5.32 Å². The highest BCUT2D eigenvalue weighted by Gasteiger charge is 2.14. The molecule has 0 atom stereocenters. The number of carbonyl (C=O) groups excluding carboxylic acids is 2. The lowest BCUT2D eigenvalue weighted by atomic mass is 10.2. The molecule has 0 spiro atoms. The molecule has 30 heavy (non-hydrogen) atoms. The molecular formula is C22H21ClN4O2S. The number of benzene rings is 2. The van der Waals surface area contributed by atoms with Gasteiger partial charge in [-0.1, -0.05) is 71.9 Å². The maximum atomic E-state index is 12.3. The zero-order valence-electron chi connectivity index (χ0n) is 16.4. The molecule has 0 aliphatic heterocycles. The monoisotopic (exact) mass is 440 g/mol. The zero-order valence-corrected chi connectivity index (χ0v) is 18.0. The number of carbonyl (C=O) groups is 2. The van der Waals surface area contributed by atoms with Crippen LogP contribution >= 0.6 is 23.4 Å². The average molecular weight is 441 g/mol. The topological polar surface area (TPSA) is 76.9 Å². The zero-order chi connectivity index (χ0) is 21.3. The van der Waals surface area contributed by atoms with E-state index in [0.29, 0.717) is 28.1 Å². The lowest BCUT2D eigenvalue weighted by molar-refractivity contribution is -0.116. The van der Waals surface area contributed by atoms with Crippen LogP contribution in [0.15, 0.2) is 65.8 Å². The Balaban J connectivity index is 1.57. The number of nitrogens with zero attached hydrogens (tertiary/aromatic N) is 3. The Kier molecular flexibility index (Phi) is 7.82. The largest absolute Gasteiger partial charge is 0.345 e. The van der Waals surface area contributed by atoms with E-state index >= 15 is 0 Å². The summed E-state index contributed by atoms with van der Waals surface area (Å²) in [4.78, 5) is 24.4. The van der Waals surface area contributed by atoms with Gasteiger partial charge in [0.05, 0.1) is 12.3 Å². The molecule has 0 radical (unpaired) electrons. The third kappa shape index (κ3) is 5.81. The Morgan fingerprint density at radius 1 is 1.10 bits per heavy atom. The Hall–Kier alpha value is -2.90. The van der Waals surface area contributed by atoms with Gasteiger partial charge in [0, 0.05) is 23.2 Å². The molecule has 1 aromatic heterocycles. The molecule has 8 heteroatoms. The summed E-state index contributed by atoms with van der Waals surface area (Å²) in [6.45, 7) is 2.84. The van der Waals surface area contributed by atoms with Crippen molar-refractivity contribution in [2.45, 2.75) is 25.2 Å². The van der Waals surface area contributed by atoms with E-state index in [1.54, 1.807) is 24.3 Å². The molecule has 1 amide bonds. The van der Waals surface area contributed by atoms with Gasteiger partial charge in [0.15, 0.2) is 16.8 Å². The number of halogens is 1. The Morgan fingerprint density at radius 3 is 2.57 bits per heavy atom. The fourth-order valence-electron chi connectivity index (χ4n) is 2.71. The van der Waals surface area contributed by atoms with Gasteiger partial charge in [-0.15, -0.1) is 10.2 Å². The minimum absolute atomic E-state index is 0.0332. The number of ketones is 1. The normalized spacial score (nSPS) is 11.0. The number of amides is 1. The summed E-state index contributed by atoms with van der Waals surface area (Å²) >= 11 is 7.42. The smallest absolute Gasteiger partial charge is 0.244 e. The van der Waals surface area contributed by atoms with E-state index in [4.69, 9.17) is 11.6 Å². The second-order valence-corrected chi connectivity index (χ2v) is 7.64. The van der Waals surface area contributed by atoms with E-state index in [1.165, 1.54) is 17.8 Å². The molecule has 0 bridgehead atoms. The summed E-state index contributed by atoms with van der Waals surface area (Å²) in [5, 5.41) is 12.4. The molecule has 3 aromatic rings. The van der Waals surface area contributed by atoms with Crippen LogP contribution in [0.25, 0.3) is 6.08 Å². The van der Waals surface area contributed by atoms with Crippen LogP contribution in [-0.2, 0) is 17.9 Å². The first-order valence-electron chi connectivity index (χ1n) is 9.42. The van der Waals surface area contributed by atoms with Crippen LogP contribution in [0.4, 0.5) is 0 Å². The molecule has 1 heterocycles. The highest BCUT2D eigenvalue weighted by Crippen LogP contribution is 2.19. The predicted molar refractivity (Wildman–Crippen MR) is 120 cm³/mol. The van der Waals surface area contributed by atoms with Crippen molar-refractivity contribution in [3.05, 3.63) is 82.6 Å². The molecule has 1 N–H and O–H groups in total. The van der Waals surface area contributed by atoms with Crippen LogP contribution in [0.3, 0.4) is 0 Å². The molecule has 0 unspecified atom stereocenters. The molecule has 0 saturated heterocycles. The average Bonchev–Trinajstić information content (AvgIpc) is 3.17. The number of thioether (sulfide) groups is 1. The quantitative estimate of drug-likeness (QED) is 0.305. The number of hydrogen-bond donors (Lipinski definition) is 1. The van der Waals surface area contributed by atoms with E-state index in [0.717, 1.165) is 5.56 Å².